The highest BCUT2D eigenvalue weighted by Crippen LogP contribution is 2.28. The Bertz CT molecular complexity index is 1180. The number of anilines is 1. The van der Waals surface area contributed by atoms with Crippen LogP contribution in [0.3, 0.4) is 0 Å². The van der Waals surface area contributed by atoms with Crippen LogP contribution in [0, 0.1) is 11.3 Å². The molecule has 1 aliphatic heterocycles. The van der Waals surface area contributed by atoms with Crippen LogP contribution in [0.4, 0.5) is 5.82 Å². The van der Waals surface area contributed by atoms with Crippen LogP contribution in [0.5, 0.6) is 0 Å². The molecule has 8 nitrogen and oxygen atoms in total. The summed E-state index contributed by atoms with van der Waals surface area (Å²) in [4.78, 5) is 21.3. The van der Waals surface area contributed by atoms with Crippen molar-refractivity contribution in [1.29, 1.82) is 5.26 Å². The fraction of sp³-hybridized carbons (Fsp3) is 0.318. The fourth-order valence-corrected chi connectivity index (χ4v) is 4.10. The maximum Gasteiger partial charge on any atom is 0.267 e. The molecule has 0 amide bonds. The predicted molar refractivity (Wildman–Crippen MR) is 110 cm³/mol. The van der Waals surface area contributed by atoms with Crippen LogP contribution in [0.15, 0.2) is 47.5 Å². The molecular formula is C22H20N6O2. The van der Waals surface area contributed by atoms with E-state index in [2.05, 4.69) is 21.5 Å². The number of pyridine rings is 2. The van der Waals surface area contributed by atoms with Gasteiger partial charge in [0.25, 0.3) is 5.56 Å². The minimum absolute atomic E-state index is 0.197. The first-order valence-electron chi connectivity index (χ1n) is 10.0. The fourth-order valence-electron chi connectivity index (χ4n) is 4.10. The molecule has 1 N–H and O–H groups in total. The number of nitrogens with one attached hydrogen (secondary N) is 1. The van der Waals surface area contributed by atoms with Crippen molar-refractivity contribution in [1.82, 2.24) is 19.7 Å². The van der Waals surface area contributed by atoms with Crippen molar-refractivity contribution in [3.8, 4) is 17.3 Å². The molecular weight excluding hydrogens is 380 g/mol. The molecule has 1 fully saturated rings. The molecule has 2 atom stereocenters. The summed E-state index contributed by atoms with van der Waals surface area (Å²) in [6.45, 7) is 0.763. The Hall–Kier alpha value is -3.57. The molecule has 4 heterocycles. The lowest BCUT2D eigenvalue weighted by molar-refractivity contribution is 0.183. The molecule has 2 aliphatic rings. The zero-order chi connectivity index (χ0) is 20.5. The van der Waals surface area contributed by atoms with Gasteiger partial charge in [0, 0.05) is 29.7 Å². The van der Waals surface area contributed by atoms with Gasteiger partial charge in [-0.05, 0) is 49.1 Å². The van der Waals surface area contributed by atoms with Crippen LogP contribution in [-0.4, -0.2) is 39.0 Å². The van der Waals surface area contributed by atoms with E-state index in [0.717, 1.165) is 36.1 Å². The predicted octanol–water partition coefficient (Wildman–Crippen LogP) is 2.11. The van der Waals surface area contributed by atoms with E-state index >= 15 is 0 Å². The van der Waals surface area contributed by atoms with E-state index in [1.165, 1.54) is 10.7 Å². The first kappa shape index (κ1) is 18.5. The van der Waals surface area contributed by atoms with Gasteiger partial charge in [0.05, 0.1) is 30.5 Å². The van der Waals surface area contributed by atoms with Crippen LogP contribution in [-0.2, 0) is 17.6 Å². The molecule has 1 aliphatic carbocycles. The number of aromatic nitrogens is 4. The van der Waals surface area contributed by atoms with Gasteiger partial charge in [-0.3, -0.25) is 9.78 Å². The molecule has 30 heavy (non-hydrogen) atoms. The SMILES string of the molecule is N#Cc1cc2c(nc1NC1COCC1n1nc(-c3ccncc3)ccc1=O)CCC2. The van der Waals surface area contributed by atoms with Gasteiger partial charge in [0.15, 0.2) is 0 Å². The molecule has 0 spiro atoms. The minimum atomic E-state index is -0.305. The van der Waals surface area contributed by atoms with E-state index in [0.29, 0.717) is 30.3 Å². The summed E-state index contributed by atoms with van der Waals surface area (Å²) in [6, 6.07) is 10.6. The van der Waals surface area contributed by atoms with E-state index in [1.54, 1.807) is 18.5 Å². The third-order valence-corrected chi connectivity index (χ3v) is 5.66. The molecule has 2 unspecified atom stereocenters. The number of ether oxygens (including phenoxy) is 1. The molecule has 5 rings (SSSR count). The lowest BCUT2D eigenvalue weighted by Gasteiger charge is -2.22. The second kappa shape index (κ2) is 7.69. The highest BCUT2D eigenvalue weighted by atomic mass is 16.5. The number of nitrogens with zero attached hydrogens (tertiary/aromatic N) is 5. The smallest absolute Gasteiger partial charge is 0.267 e. The van der Waals surface area contributed by atoms with Gasteiger partial charge in [-0.1, -0.05) is 0 Å². The van der Waals surface area contributed by atoms with Gasteiger partial charge in [-0.15, -0.1) is 0 Å². The van der Waals surface area contributed by atoms with Crippen LogP contribution in [0.25, 0.3) is 11.3 Å². The van der Waals surface area contributed by atoms with Crippen LogP contribution in [0.2, 0.25) is 0 Å². The van der Waals surface area contributed by atoms with Crippen molar-refractivity contribution in [2.75, 3.05) is 18.5 Å². The third-order valence-electron chi connectivity index (χ3n) is 5.66. The Morgan fingerprint density at radius 1 is 1.17 bits per heavy atom. The molecule has 3 aromatic rings. The number of aryl methyl sites for hydroxylation is 2. The summed E-state index contributed by atoms with van der Waals surface area (Å²) in [7, 11) is 0. The van der Waals surface area contributed by atoms with Crippen molar-refractivity contribution >= 4 is 5.82 Å². The van der Waals surface area contributed by atoms with Gasteiger partial charge >= 0.3 is 0 Å². The first-order valence-corrected chi connectivity index (χ1v) is 10.0. The monoisotopic (exact) mass is 400 g/mol. The zero-order valence-corrected chi connectivity index (χ0v) is 16.3. The average molecular weight is 400 g/mol. The maximum atomic E-state index is 12.6. The van der Waals surface area contributed by atoms with Crippen LogP contribution >= 0.6 is 0 Å². The molecule has 0 bridgehead atoms. The Morgan fingerprint density at radius 2 is 2.03 bits per heavy atom. The average Bonchev–Trinajstić information content (AvgIpc) is 3.43. The van der Waals surface area contributed by atoms with Gasteiger partial charge in [0.2, 0.25) is 0 Å². The zero-order valence-electron chi connectivity index (χ0n) is 16.3. The van der Waals surface area contributed by atoms with Gasteiger partial charge < -0.3 is 10.1 Å². The summed E-state index contributed by atoms with van der Waals surface area (Å²) in [6.07, 6.45) is 6.34. The van der Waals surface area contributed by atoms with Crippen LogP contribution < -0.4 is 10.9 Å². The first-order chi connectivity index (χ1) is 14.7. The highest BCUT2D eigenvalue weighted by molar-refractivity contribution is 5.57. The third kappa shape index (κ3) is 3.33. The second-order valence-electron chi connectivity index (χ2n) is 7.55. The molecule has 150 valence electrons. The largest absolute Gasteiger partial charge is 0.377 e. The number of hydrogen-bond acceptors (Lipinski definition) is 7. The Morgan fingerprint density at radius 3 is 2.87 bits per heavy atom. The summed E-state index contributed by atoms with van der Waals surface area (Å²) in [5.74, 6) is 0.553. The van der Waals surface area contributed by atoms with E-state index in [1.807, 2.05) is 18.2 Å². The minimum Gasteiger partial charge on any atom is -0.377 e. The standard InChI is InChI=1S/C22H20N6O2/c23-11-16-10-15-2-1-3-17(15)25-22(16)26-19-12-30-13-20(19)28-21(29)5-4-18(27-28)14-6-8-24-9-7-14/h4-10,19-20H,1-3,12-13H2,(H,25,26). The quantitative estimate of drug-likeness (QED) is 0.715. The topological polar surface area (TPSA) is 106 Å². The van der Waals surface area contributed by atoms with Crippen molar-refractivity contribution in [2.24, 2.45) is 0 Å². The van der Waals surface area contributed by atoms with Gasteiger partial charge in [-0.25, -0.2) is 9.67 Å². The van der Waals surface area contributed by atoms with Crippen molar-refractivity contribution in [2.45, 2.75) is 31.3 Å². The summed E-state index contributed by atoms with van der Waals surface area (Å²) in [5, 5.41) is 17.5. The van der Waals surface area contributed by atoms with Crippen molar-refractivity contribution in [3.05, 3.63) is 69.9 Å². The molecule has 0 radical (unpaired) electrons. The van der Waals surface area contributed by atoms with Gasteiger partial charge in [-0.2, -0.15) is 10.4 Å². The van der Waals surface area contributed by atoms with E-state index in [9.17, 15) is 10.1 Å². The molecule has 1 saturated heterocycles. The van der Waals surface area contributed by atoms with Crippen molar-refractivity contribution < 1.29 is 4.74 Å². The Kier molecular flexibility index (Phi) is 4.73. The molecule has 3 aromatic heterocycles. The number of rotatable bonds is 4. The number of fused-ring (bicyclic) bond motifs is 1. The van der Waals surface area contributed by atoms with Gasteiger partial charge in [0.1, 0.15) is 17.9 Å². The highest BCUT2D eigenvalue weighted by Gasteiger charge is 2.32. The normalized spacial score (nSPS) is 20.0. The molecule has 0 saturated carbocycles. The summed E-state index contributed by atoms with van der Waals surface area (Å²) in [5.41, 5.74) is 4.09. The molecule has 8 heteroatoms. The lowest BCUT2D eigenvalue weighted by atomic mass is 10.1. The summed E-state index contributed by atoms with van der Waals surface area (Å²) >= 11 is 0. The van der Waals surface area contributed by atoms with Crippen LogP contribution in [0.1, 0.15) is 29.3 Å². The lowest BCUT2D eigenvalue weighted by Crippen LogP contribution is -2.37. The number of nitriles is 1. The number of hydrogen-bond donors (Lipinski definition) is 1. The Balaban J connectivity index is 1.47. The van der Waals surface area contributed by atoms with Crippen molar-refractivity contribution in [3.63, 3.8) is 0 Å². The second-order valence-corrected chi connectivity index (χ2v) is 7.55. The van der Waals surface area contributed by atoms with E-state index in [-0.39, 0.29) is 17.6 Å². The van der Waals surface area contributed by atoms with E-state index < -0.39 is 0 Å². The van der Waals surface area contributed by atoms with E-state index in [4.69, 9.17) is 9.72 Å². The Labute approximate surface area is 173 Å². The molecule has 0 aromatic carbocycles. The summed E-state index contributed by atoms with van der Waals surface area (Å²) < 4.78 is 7.15. The maximum absolute atomic E-state index is 12.6.